The third-order valence-electron chi connectivity index (χ3n) is 6.65. The standard InChI is InChI=1S/C32H31F5O8S/c1-3-8-22-25(13-12-20(18(2)38)29(22)41)44-14-7-5-4-6-9-28(24(40)17-31(33,34)32(35,36)37)46-19-10-11-21-23(39)16-27(30(42)43)45-26(21)15-19/h4-6,9-13,15-16,24,28,40-41H,3,7-8,14,17H2,1-2H3,(H,42,43)/b5-4-,9-6+/t24-,28+/m1/s1. The number of hydrogen-bond donors (Lipinski definition) is 3. The summed E-state index contributed by atoms with van der Waals surface area (Å²) in [6.45, 7) is 3.39. The molecule has 0 aliphatic carbocycles. The second-order valence-corrected chi connectivity index (χ2v) is 11.4. The van der Waals surface area contributed by atoms with Crippen LogP contribution in [0.4, 0.5) is 22.0 Å². The minimum atomic E-state index is -5.88. The number of hydrogen-bond acceptors (Lipinski definition) is 8. The normalized spacial score (nSPS) is 13.8. The Kier molecular flexibility index (Phi) is 12.2. The highest BCUT2D eigenvalue weighted by atomic mass is 32.2. The summed E-state index contributed by atoms with van der Waals surface area (Å²) in [5.74, 6) is -7.36. The number of ether oxygens (including phenoxy) is 1. The van der Waals surface area contributed by atoms with Crippen molar-refractivity contribution in [1.82, 2.24) is 0 Å². The third-order valence-corrected chi connectivity index (χ3v) is 7.92. The average molecular weight is 671 g/mol. The fourth-order valence-corrected chi connectivity index (χ4v) is 5.38. The Labute approximate surface area is 264 Å². The van der Waals surface area contributed by atoms with E-state index in [1.165, 1.54) is 49.4 Å². The number of rotatable bonds is 15. The van der Waals surface area contributed by atoms with E-state index in [0.717, 1.165) is 6.07 Å². The Balaban J connectivity index is 1.77. The van der Waals surface area contributed by atoms with Gasteiger partial charge in [0.2, 0.25) is 5.76 Å². The second kappa shape index (κ2) is 15.4. The number of benzene rings is 2. The van der Waals surface area contributed by atoms with Crippen LogP contribution >= 0.6 is 11.8 Å². The van der Waals surface area contributed by atoms with E-state index in [9.17, 15) is 46.5 Å². The Morgan fingerprint density at radius 3 is 2.43 bits per heavy atom. The van der Waals surface area contributed by atoms with Crippen molar-refractivity contribution < 1.29 is 56.0 Å². The number of carbonyl (C=O) groups excluding carboxylic acids is 1. The first-order valence-corrected chi connectivity index (χ1v) is 14.9. The number of halogens is 5. The molecule has 0 unspecified atom stereocenters. The molecule has 248 valence electrons. The van der Waals surface area contributed by atoms with Gasteiger partial charge in [0, 0.05) is 22.9 Å². The minimum absolute atomic E-state index is 0.0163. The number of allylic oxidation sites excluding steroid dienone is 2. The number of Topliss-reactive ketones (excluding diaryl/α,β-unsaturated/α-hetero) is 1. The molecular formula is C32H31F5O8S. The molecule has 8 nitrogen and oxygen atoms in total. The summed E-state index contributed by atoms with van der Waals surface area (Å²) in [4.78, 5) is 35.4. The van der Waals surface area contributed by atoms with E-state index in [1.807, 2.05) is 6.92 Å². The van der Waals surface area contributed by atoms with Crippen LogP contribution in [0.15, 0.2) is 74.8 Å². The van der Waals surface area contributed by atoms with E-state index in [4.69, 9.17) is 14.3 Å². The zero-order valence-corrected chi connectivity index (χ0v) is 25.5. The van der Waals surface area contributed by atoms with Crippen LogP contribution < -0.4 is 10.2 Å². The van der Waals surface area contributed by atoms with E-state index < -0.39 is 47.0 Å². The molecule has 1 aromatic heterocycles. The smallest absolute Gasteiger partial charge is 0.453 e. The molecule has 0 saturated carbocycles. The topological polar surface area (TPSA) is 134 Å². The molecule has 0 spiro atoms. The first-order valence-electron chi connectivity index (χ1n) is 14.0. The third kappa shape index (κ3) is 9.19. The van der Waals surface area contributed by atoms with Crippen molar-refractivity contribution in [3.8, 4) is 11.5 Å². The van der Waals surface area contributed by atoms with Gasteiger partial charge in [-0.05, 0) is 50.1 Å². The highest BCUT2D eigenvalue weighted by Crippen LogP contribution is 2.41. The molecule has 0 aliphatic rings. The summed E-state index contributed by atoms with van der Waals surface area (Å²) in [7, 11) is 0. The van der Waals surface area contributed by atoms with Crippen molar-refractivity contribution in [3.63, 3.8) is 0 Å². The second-order valence-electron chi connectivity index (χ2n) is 10.2. The molecule has 0 radical (unpaired) electrons. The molecule has 0 amide bonds. The lowest BCUT2D eigenvalue weighted by Crippen LogP contribution is -2.41. The summed E-state index contributed by atoms with van der Waals surface area (Å²) in [5, 5.41) is 28.8. The maximum absolute atomic E-state index is 13.8. The lowest BCUT2D eigenvalue weighted by Gasteiger charge is -2.26. The SMILES string of the molecule is CCCc1c(OCC/C=C\C=C\[C@H](Sc2ccc3c(=O)cc(C(=O)O)oc3c2)[C@H](O)CC(F)(F)C(F)(F)F)ccc(C(C)=O)c1O. The number of phenols is 1. The minimum Gasteiger partial charge on any atom is -0.507 e. The molecule has 2 atom stereocenters. The van der Waals surface area contributed by atoms with E-state index in [-0.39, 0.29) is 39.6 Å². The van der Waals surface area contributed by atoms with Gasteiger partial charge in [-0.3, -0.25) is 9.59 Å². The predicted molar refractivity (Wildman–Crippen MR) is 161 cm³/mol. The number of phenolic OH excluding ortho intramolecular Hbond substituents is 1. The van der Waals surface area contributed by atoms with Gasteiger partial charge in [0.1, 0.15) is 17.1 Å². The van der Waals surface area contributed by atoms with E-state index in [0.29, 0.717) is 42.3 Å². The zero-order chi connectivity index (χ0) is 34.2. The maximum Gasteiger partial charge on any atom is 0.453 e. The Morgan fingerprint density at radius 2 is 1.80 bits per heavy atom. The summed E-state index contributed by atoms with van der Waals surface area (Å²) in [5.41, 5.74) is -0.131. The number of aromatic hydroxyl groups is 1. The van der Waals surface area contributed by atoms with Crippen molar-refractivity contribution in [2.75, 3.05) is 6.61 Å². The molecule has 3 aromatic rings. The highest BCUT2D eigenvalue weighted by molar-refractivity contribution is 8.00. The van der Waals surface area contributed by atoms with Crippen LogP contribution in [0, 0.1) is 0 Å². The van der Waals surface area contributed by atoms with Crippen LogP contribution in [-0.2, 0) is 6.42 Å². The molecule has 3 rings (SSSR count). The van der Waals surface area contributed by atoms with Gasteiger partial charge in [-0.1, -0.05) is 37.6 Å². The molecule has 0 bridgehead atoms. The fourth-order valence-electron chi connectivity index (χ4n) is 4.33. The molecule has 3 N–H and O–H groups in total. The zero-order valence-electron chi connectivity index (χ0n) is 24.6. The molecule has 46 heavy (non-hydrogen) atoms. The van der Waals surface area contributed by atoms with Crippen molar-refractivity contribution >= 4 is 34.5 Å². The van der Waals surface area contributed by atoms with Crippen LogP contribution in [-0.4, -0.2) is 57.1 Å². The van der Waals surface area contributed by atoms with Gasteiger partial charge in [0.15, 0.2) is 11.2 Å². The first-order chi connectivity index (χ1) is 21.6. The van der Waals surface area contributed by atoms with Gasteiger partial charge in [-0.25, -0.2) is 4.79 Å². The van der Waals surface area contributed by atoms with Gasteiger partial charge < -0.3 is 24.5 Å². The Bertz CT molecular complexity index is 1680. The van der Waals surface area contributed by atoms with E-state index in [2.05, 4.69) is 0 Å². The molecular weight excluding hydrogens is 639 g/mol. The van der Waals surface area contributed by atoms with Gasteiger partial charge in [0.25, 0.3) is 0 Å². The van der Waals surface area contributed by atoms with Crippen LogP contribution in [0.2, 0.25) is 0 Å². The average Bonchev–Trinajstić information content (AvgIpc) is 2.96. The van der Waals surface area contributed by atoms with Crippen molar-refractivity contribution in [2.24, 2.45) is 0 Å². The van der Waals surface area contributed by atoms with Crippen LogP contribution in [0.1, 0.15) is 59.6 Å². The van der Waals surface area contributed by atoms with Gasteiger partial charge >= 0.3 is 18.1 Å². The van der Waals surface area contributed by atoms with Gasteiger partial charge in [-0.2, -0.15) is 22.0 Å². The van der Waals surface area contributed by atoms with Crippen LogP contribution in [0.25, 0.3) is 11.0 Å². The number of carboxylic acids is 1. The van der Waals surface area contributed by atoms with Crippen LogP contribution in [0.5, 0.6) is 11.5 Å². The van der Waals surface area contributed by atoms with E-state index >= 15 is 0 Å². The first kappa shape index (κ1) is 36.3. The lowest BCUT2D eigenvalue weighted by molar-refractivity contribution is -0.289. The van der Waals surface area contributed by atoms with Crippen molar-refractivity contribution in [3.05, 3.63) is 87.8 Å². The molecule has 1 heterocycles. The predicted octanol–water partition coefficient (Wildman–Crippen LogP) is 7.34. The van der Waals surface area contributed by atoms with Crippen LogP contribution in [0.3, 0.4) is 0 Å². The van der Waals surface area contributed by atoms with Gasteiger partial charge in [0.05, 0.1) is 28.9 Å². The molecule has 2 aromatic carbocycles. The number of alkyl halides is 5. The number of aromatic carboxylic acids is 1. The highest BCUT2D eigenvalue weighted by Gasteiger charge is 2.58. The number of carbonyl (C=O) groups is 2. The number of aliphatic hydroxyl groups excluding tert-OH is 1. The number of fused-ring (bicyclic) bond motifs is 1. The molecule has 0 saturated heterocycles. The van der Waals surface area contributed by atoms with E-state index in [1.54, 1.807) is 12.1 Å². The Hall–Kier alpha value is -4.17. The molecule has 14 heteroatoms. The number of aliphatic hydroxyl groups is 1. The maximum atomic E-state index is 13.8. The summed E-state index contributed by atoms with van der Waals surface area (Å²) >= 11 is 0.706. The number of carboxylic acid groups (broad SMARTS) is 1. The molecule has 0 fully saturated rings. The summed E-state index contributed by atoms with van der Waals surface area (Å²) in [6, 6.07) is 7.70. The van der Waals surface area contributed by atoms with Crippen molar-refractivity contribution in [1.29, 1.82) is 0 Å². The quantitative estimate of drug-likeness (QED) is 0.0499. The lowest BCUT2D eigenvalue weighted by atomic mass is 10.0. The molecule has 0 aliphatic heterocycles. The largest absolute Gasteiger partial charge is 0.507 e. The monoisotopic (exact) mass is 670 g/mol. The fraction of sp³-hybridized carbons (Fsp3) is 0.344. The Morgan fingerprint density at radius 1 is 1.09 bits per heavy atom. The number of ketones is 1. The summed E-state index contributed by atoms with van der Waals surface area (Å²) < 4.78 is 77.2. The van der Waals surface area contributed by atoms with Crippen molar-refractivity contribution in [2.45, 2.75) is 67.9 Å². The van der Waals surface area contributed by atoms with Gasteiger partial charge in [-0.15, -0.1) is 11.8 Å². The number of thioether (sulfide) groups is 1. The summed E-state index contributed by atoms with van der Waals surface area (Å²) in [6.07, 6.45) is -2.81.